The van der Waals surface area contributed by atoms with Gasteiger partial charge in [-0.1, -0.05) is 48.0 Å². The maximum absolute atomic E-state index is 13.6. The molecule has 1 heterocycles. The van der Waals surface area contributed by atoms with Crippen molar-refractivity contribution in [2.75, 3.05) is 26.8 Å². The molecule has 17 nitrogen and oxygen atoms in total. The molecule has 1 saturated heterocycles. The number of nitrogens with one attached hydrogen (secondary N) is 5. The molecule has 1 aliphatic heterocycles. The van der Waals surface area contributed by atoms with Crippen molar-refractivity contribution in [1.29, 1.82) is 0 Å². The van der Waals surface area contributed by atoms with E-state index in [-0.39, 0.29) is 36.6 Å². The van der Waals surface area contributed by atoms with Gasteiger partial charge in [0.05, 0.1) is 38.3 Å². The number of likely N-dealkylation sites (tertiary alicyclic amines) is 1. The van der Waals surface area contributed by atoms with Gasteiger partial charge >= 0.3 is 5.97 Å². The third-order valence-electron chi connectivity index (χ3n) is 8.83. The molecule has 8 atom stereocenters. The number of carbonyl (C=O) groups is 7. The summed E-state index contributed by atoms with van der Waals surface area (Å²) in [5, 5.41) is 33.8. The third kappa shape index (κ3) is 15.5. The van der Waals surface area contributed by atoms with Crippen LogP contribution in [0, 0.1) is 17.8 Å². The van der Waals surface area contributed by atoms with Gasteiger partial charge in [-0.3, -0.25) is 33.7 Å². The molecule has 1 aliphatic rings. The van der Waals surface area contributed by atoms with Crippen LogP contribution in [0.15, 0.2) is 0 Å². The average molecular weight is 728 g/mol. The van der Waals surface area contributed by atoms with Crippen LogP contribution in [0.1, 0.15) is 87.0 Å². The Morgan fingerprint density at radius 1 is 0.843 bits per heavy atom. The monoisotopic (exact) mass is 727 g/mol. The summed E-state index contributed by atoms with van der Waals surface area (Å²) in [5.41, 5.74) is 5.43. The Bertz CT molecular complexity index is 1200. The van der Waals surface area contributed by atoms with E-state index >= 15 is 0 Å². The van der Waals surface area contributed by atoms with Crippen LogP contribution in [0.2, 0.25) is 0 Å². The normalized spacial score (nSPS) is 18.8. The first-order valence-electron chi connectivity index (χ1n) is 17.7. The molecule has 17 heteroatoms. The minimum atomic E-state index is -1.46. The number of methoxy groups -OCH3 is 1. The van der Waals surface area contributed by atoms with Crippen LogP contribution in [-0.2, 0) is 38.3 Å². The molecular formula is C34H61N7O10. The molecule has 0 aromatic rings. The van der Waals surface area contributed by atoms with Crippen molar-refractivity contribution < 1.29 is 48.5 Å². The van der Waals surface area contributed by atoms with Gasteiger partial charge in [0.2, 0.25) is 35.4 Å². The van der Waals surface area contributed by atoms with Gasteiger partial charge in [-0.15, -0.1) is 0 Å². The van der Waals surface area contributed by atoms with Crippen LogP contribution in [0.25, 0.3) is 0 Å². The fourth-order valence-corrected chi connectivity index (χ4v) is 5.96. The highest BCUT2D eigenvalue weighted by molar-refractivity contribution is 5.95. The number of β-amino-alcohol motifs (C(OH)–C–C–N with tert-alkyl or cyclic N) is 1. The van der Waals surface area contributed by atoms with Gasteiger partial charge in [0.15, 0.2) is 0 Å². The number of aliphatic hydroxyl groups excluding tert-OH is 2. The predicted molar refractivity (Wildman–Crippen MR) is 187 cm³/mol. The highest BCUT2D eigenvalue weighted by Gasteiger charge is 2.38. The molecule has 9 N–H and O–H groups in total. The fraction of sp³-hybridized carbons (Fsp3) is 0.794. The molecule has 6 amide bonds. The van der Waals surface area contributed by atoms with Gasteiger partial charge in [0.1, 0.15) is 24.2 Å². The molecule has 1 fully saturated rings. The smallest absolute Gasteiger partial charge is 0.328 e. The molecule has 0 aliphatic carbocycles. The van der Waals surface area contributed by atoms with Crippen LogP contribution in [0.5, 0.6) is 0 Å². The Hall–Kier alpha value is -3.83. The van der Waals surface area contributed by atoms with Crippen LogP contribution in [-0.4, -0.2) is 126 Å². The summed E-state index contributed by atoms with van der Waals surface area (Å²) in [7, 11) is 1.26. The molecule has 0 aromatic carbocycles. The Balaban J connectivity index is 3.17. The number of nitrogens with two attached hydrogens (primary N) is 1. The number of aliphatic hydroxyl groups is 2. The molecule has 0 saturated carbocycles. The second-order valence-corrected chi connectivity index (χ2v) is 14.2. The van der Waals surface area contributed by atoms with Crippen molar-refractivity contribution in [3.8, 4) is 0 Å². The first-order chi connectivity index (χ1) is 23.8. The highest BCUT2D eigenvalue weighted by atomic mass is 16.5. The van der Waals surface area contributed by atoms with E-state index in [4.69, 9.17) is 10.5 Å². The molecule has 1 rings (SSSR count). The summed E-state index contributed by atoms with van der Waals surface area (Å²) in [5.74, 6) is -5.06. The van der Waals surface area contributed by atoms with Gasteiger partial charge in [0.25, 0.3) is 0 Å². The van der Waals surface area contributed by atoms with Gasteiger partial charge in [-0.2, -0.15) is 0 Å². The van der Waals surface area contributed by atoms with Crippen molar-refractivity contribution in [2.24, 2.45) is 23.5 Å². The summed E-state index contributed by atoms with van der Waals surface area (Å²) in [6, 6.07) is -6.29. The molecule has 0 bridgehead atoms. The Morgan fingerprint density at radius 3 is 1.92 bits per heavy atom. The maximum atomic E-state index is 13.6. The zero-order valence-corrected chi connectivity index (χ0v) is 31.3. The highest BCUT2D eigenvalue weighted by Crippen LogP contribution is 2.21. The second-order valence-electron chi connectivity index (χ2n) is 14.2. The summed E-state index contributed by atoms with van der Waals surface area (Å²) < 4.78 is 4.89. The minimum absolute atomic E-state index is 0.00290. The van der Waals surface area contributed by atoms with Crippen LogP contribution in [0.4, 0.5) is 0 Å². The van der Waals surface area contributed by atoms with E-state index in [1.54, 1.807) is 18.7 Å². The lowest BCUT2D eigenvalue weighted by molar-refractivity contribution is -0.147. The van der Waals surface area contributed by atoms with Gasteiger partial charge in [0, 0.05) is 13.5 Å². The lowest BCUT2D eigenvalue weighted by Crippen LogP contribution is -2.59. The van der Waals surface area contributed by atoms with Gasteiger partial charge in [-0.05, 0) is 50.0 Å². The van der Waals surface area contributed by atoms with Crippen molar-refractivity contribution in [1.82, 2.24) is 31.5 Å². The molecule has 0 unspecified atom stereocenters. The van der Waals surface area contributed by atoms with E-state index < -0.39 is 90.9 Å². The summed E-state index contributed by atoms with van der Waals surface area (Å²) in [6.07, 6.45) is 0.487. The SMILES string of the molecule is CC[C@H](C)[C@H](NC(=O)[C@@H]1CCCN1C[C@H](O)[C@H](CC(C)C)NC(=O)[C@H](CC(N)=O)NC(=O)[C@H](CC(C)C)NC(=O)[C@H](CO)NC(C)=O)C(=O)OC. The summed E-state index contributed by atoms with van der Waals surface area (Å²) in [4.78, 5) is 90.9. The van der Waals surface area contributed by atoms with E-state index in [0.29, 0.717) is 32.2 Å². The molecular weight excluding hydrogens is 666 g/mol. The van der Waals surface area contributed by atoms with Crippen LogP contribution >= 0.6 is 0 Å². The number of esters is 1. The van der Waals surface area contributed by atoms with E-state index in [2.05, 4.69) is 26.6 Å². The Kier molecular flexibility index (Phi) is 19.7. The second kappa shape index (κ2) is 22.2. The quantitative estimate of drug-likeness (QED) is 0.0592. The number of rotatable bonds is 22. The number of primary amides is 1. The third-order valence-corrected chi connectivity index (χ3v) is 8.83. The number of carbonyl (C=O) groups excluding carboxylic acids is 7. The van der Waals surface area contributed by atoms with E-state index in [1.807, 2.05) is 27.7 Å². The largest absolute Gasteiger partial charge is 0.467 e. The zero-order valence-electron chi connectivity index (χ0n) is 31.3. The number of amides is 6. The number of hydrogen-bond acceptors (Lipinski definition) is 11. The van der Waals surface area contributed by atoms with E-state index in [9.17, 15) is 43.8 Å². The van der Waals surface area contributed by atoms with E-state index in [1.165, 1.54) is 14.0 Å². The zero-order chi connectivity index (χ0) is 39.0. The van der Waals surface area contributed by atoms with Crippen molar-refractivity contribution in [2.45, 2.75) is 129 Å². The number of ether oxygens (including phenoxy) is 1. The van der Waals surface area contributed by atoms with Crippen LogP contribution in [0.3, 0.4) is 0 Å². The van der Waals surface area contributed by atoms with Crippen LogP contribution < -0.4 is 32.3 Å². The van der Waals surface area contributed by atoms with E-state index in [0.717, 1.165) is 0 Å². The Morgan fingerprint density at radius 2 is 1.41 bits per heavy atom. The van der Waals surface area contributed by atoms with Gasteiger partial charge < -0.3 is 47.3 Å². The Labute approximate surface area is 300 Å². The fourth-order valence-electron chi connectivity index (χ4n) is 5.96. The van der Waals surface area contributed by atoms with Crippen molar-refractivity contribution >= 4 is 41.4 Å². The first-order valence-corrected chi connectivity index (χ1v) is 17.7. The molecule has 51 heavy (non-hydrogen) atoms. The molecule has 0 spiro atoms. The predicted octanol–water partition coefficient (Wildman–Crippen LogP) is -1.57. The molecule has 0 aromatic heterocycles. The lowest BCUT2D eigenvalue weighted by atomic mass is 9.97. The number of nitrogens with zero attached hydrogens (tertiary/aromatic N) is 1. The maximum Gasteiger partial charge on any atom is 0.328 e. The molecule has 292 valence electrons. The van der Waals surface area contributed by atoms with Crippen molar-refractivity contribution in [3.05, 3.63) is 0 Å². The summed E-state index contributed by atoms with van der Waals surface area (Å²) >= 11 is 0. The van der Waals surface area contributed by atoms with Crippen molar-refractivity contribution in [3.63, 3.8) is 0 Å². The summed E-state index contributed by atoms with van der Waals surface area (Å²) in [6.45, 7) is 12.1. The average Bonchev–Trinajstić information content (AvgIpc) is 3.51. The first kappa shape index (κ1) is 45.2. The lowest BCUT2D eigenvalue weighted by Gasteiger charge is -2.33. The minimum Gasteiger partial charge on any atom is -0.467 e. The number of hydrogen-bond donors (Lipinski definition) is 8. The molecule has 0 radical (unpaired) electrons. The topological polar surface area (TPSA) is 259 Å². The standard InChI is InChI=1S/C34H61N7O10/c1-9-20(6)29(34(50)51-8)40-33(49)26-11-10-12-41(26)16-27(44)22(13-18(2)3)37-31(47)24(15-28(35)45)39-30(46)23(14-19(4)5)38-32(48)25(17-42)36-21(7)43/h18-20,22-27,29,42,44H,9-17H2,1-8H3,(H2,35,45)(H,36,43)(H,37,47)(H,38,48)(H,39,46)(H,40,49)/t20-,22-,23-,24-,25-,26-,27-,29-/m0/s1. The van der Waals surface area contributed by atoms with Gasteiger partial charge in [-0.25, -0.2) is 4.79 Å².